The summed E-state index contributed by atoms with van der Waals surface area (Å²) in [6.45, 7) is 6.95. The number of rotatable bonds is 2. The summed E-state index contributed by atoms with van der Waals surface area (Å²) in [5, 5.41) is 3.42. The molecule has 0 bridgehead atoms. The van der Waals surface area contributed by atoms with Gasteiger partial charge in [-0.2, -0.15) is 0 Å². The van der Waals surface area contributed by atoms with Gasteiger partial charge in [0.15, 0.2) is 0 Å². The molecule has 1 aliphatic carbocycles. The second-order valence-corrected chi connectivity index (χ2v) is 5.42. The van der Waals surface area contributed by atoms with Crippen molar-refractivity contribution >= 4 is 0 Å². The third-order valence-corrected chi connectivity index (χ3v) is 3.26. The predicted octanol–water partition coefficient (Wildman–Crippen LogP) is 2.19. The normalized spacial score (nSPS) is 39.0. The van der Waals surface area contributed by atoms with Crippen LogP contribution >= 0.6 is 0 Å². The number of nitrogens with one attached hydrogen (secondary N) is 1. The average molecular weight is 185 g/mol. The van der Waals surface area contributed by atoms with Crippen molar-refractivity contribution in [3.63, 3.8) is 0 Å². The maximum absolute atomic E-state index is 5.48. The Labute approximate surface area is 82.0 Å². The first kappa shape index (κ1) is 11.0. The van der Waals surface area contributed by atoms with Crippen LogP contribution in [0.5, 0.6) is 0 Å². The van der Waals surface area contributed by atoms with Gasteiger partial charge in [0.25, 0.3) is 0 Å². The van der Waals surface area contributed by atoms with Crippen LogP contribution < -0.4 is 5.32 Å². The second kappa shape index (κ2) is 3.58. The van der Waals surface area contributed by atoms with Crippen molar-refractivity contribution in [1.82, 2.24) is 5.32 Å². The van der Waals surface area contributed by atoms with E-state index in [4.69, 9.17) is 4.74 Å². The molecular formula is C11H23NO. The maximum Gasteiger partial charge on any atom is 0.0593 e. The summed E-state index contributed by atoms with van der Waals surface area (Å²) >= 11 is 0. The lowest BCUT2D eigenvalue weighted by molar-refractivity contribution is -0.0126. The molecule has 13 heavy (non-hydrogen) atoms. The molecule has 0 aromatic rings. The Hall–Kier alpha value is -0.0800. The highest BCUT2D eigenvalue weighted by atomic mass is 16.5. The van der Waals surface area contributed by atoms with Crippen LogP contribution in [-0.4, -0.2) is 25.8 Å². The molecule has 0 spiro atoms. The van der Waals surface area contributed by atoms with Gasteiger partial charge in [-0.25, -0.2) is 0 Å². The standard InChI is InChI=1S/C11H23NO/c1-10(2)6-9(13-5)7-11(3,8-10)12-4/h9,12H,6-8H2,1-5H3. The molecular weight excluding hydrogens is 162 g/mol. The van der Waals surface area contributed by atoms with Crippen molar-refractivity contribution in [2.24, 2.45) is 5.41 Å². The molecule has 0 amide bonds. The fourth-order valence-corrected chi connectivity index (χ4v) is 2.75. The van der Waals surface area contributed by atoms with Gasteiger partial charge >= 0.3 is 0 Å². The summed E-state index contributed by atoms with van der Waals surface area (Å²) in [4.78, 5) is 0. The van der Waals surface area contributed by atoms with Gasteiger partial charge in [-0.3, -0.25) is 0 Å². The molecule has 1 saturated carbocycles. The molecule has 2 atom stereocenters. The summed E-state index contributed by atoms with van der Waals surface area (Å²) in [5.41, 5.74) is 0.652. The van der Waals surface area contributed by atoms with Gasteiger partial charge in [0.05, 0.1) is 6.10 Å². The van der Waals surface area contributed by atoms with Gasteiger partial charge in [0.2, 0.25) is 0 Å². The highest BCUT2D eigenvalue weighted by molar-refractivity contribution is 4.96. The molecule has 1 N–H and O–H groups in total. The van der Waals surface area contributed by atoms with Crippen LogP contribution in [0.4, 0.5) is 0 Å². The molecule has 0 radical (unpaired) electrons. The van der Waals surface area contributed by atoms with Crippen LogP contribution in [0.2, 0.25) is 0 Å². The first-order valence-corrected chi connectivity index (χ1v) is 5.12. The summed E-state index contributed by atoms with van der Waals surface area (Å²) in [7, 11) is 3.87. The van der Waals surface area contributed by atoms with Crippen LogP contribution in [0, 0.1) is 5.41 Å². The fourth-order valence-electron chi connectivity index (χ4n) is 2.75. The van der Waals surface area contributed by atoms with E-state index in [1.165, 1.54) is 12.8 Å². The zero-order valence-electron chi connectivity index (χ0n) is 9.61. The second-order valence-electron chi connectivity index (χ2n) is 5.42. The molecule has 0 saturated heterocycles. The van der Waals surface area contributed by atoms with Gasteiger partial charge in [-0.1, -0.05) is 13.8 Å². The van der Waals surface area contributed by atoms with Crippen LogP contribution in [0.1, 0.15) is 40.0 Å². The molecule has 1 rings (SSSR count). The van der Waals surface area contributed by atoms with Crippen molar-refractivity contribution < 1.29 is 4.74 Å². The van der Waals surface area contributed by atoms with E-state index in [2.05, 4.69) is 26.1 Å². The lowest BCUT2D eigenvalue weighted by atomic mass is 9.67. The highest BCUT2D eigenvalue weighted by Crippen LogP contribution is 2.41. The van der Waals surface area contributed by atoms with Crippen molar-refractivity contribution in [3.8, 4) is 0 Å². The molecule has 0 aromatic carbocycles. The fraction of sp³-hybridized carbons (Fsp3) is 1.00. The topological polar surface area (TPSA) is 21.3 Å². The number of ether oxygens (including phenoxy) is 1. The quantitative estimate of drug-likeness (QED) is 0.712. The van der Waals surface area contributed by atoms with Crippen molar-refractivity contribution in [2.75, 3.05) is 14.2 Å². The summed E-state index contributed by atoms with van der Waals surface area (Å²) in [5.74, 6) is 0. The third-order valence-electron chi connectivity index (χ3n) is 3.26. The lowest BCUT2D eigenvalue weighted by Crippen LogP contribution is -2.51. The Morgan fingerprint density at radius 2 is 1.85 bits per heavy atom. The van der Waals surface area contributed by atoms with Gasteiger partial charge < -0.3 is 10.1 Å². The van der Waals surface area contributed by atoms with Crippen molar-refractivity contribution in [1.29, 1.82) is 0 Å². The van der Waals surface area contributed by atoms with Crippen molar-refractivity contribution in [3.05, 3.63) is 0 Å². The Bertz CT molecular complexity index is 179. The van der Waals surface area contributed by atoms with Crippen LogP contribution in [0.3, 0.4) is 0 Å². The van der Waals surface area contributed by atoms with E-state index < -0.39 is 0 Å². The molecule has 2 nitrogen and oxygen atoms in total. The smallest absolute Gasteiger partial charge is 0.0593 e. The molecule has 2 heteroatoms. The zero-order chi connectivity index (χ0) is 10.1. The van der Waals surface area contributed by atoms with Crippen molar-refractivity contribution in [2.45, 2.75) is 51.7 Å². The highest BCUT2D eigenvalue weighted by Gasteiger charge is 2.40. The molecule has 2 unspecified atom stereocenters. The molecule has 0 aliphatic heterocycles. The molecule has 0 aromatic heterocycles. The molecule has 1 aliphatic rings. The third kappa shape index (κ3) is 2.68. The Balaban J connectivity index is 2.71. The largest absolute Gasteiger partial charge is 0.381 e. The minimum absolute atomic E-state index is 0.252. The first-order chi connectivity index (χ1) is 5.91. The van der Waals surface area contributed by atoms with E-state index in [0.29, 0.717) is 11.5 Å². The summed E-state index contributed by atoms with van der Waals surface area (Å²) < 4.78 is 5.48. The van der Waals surface area contributed by atoms with E-state index in [1.54, 1.807) is 0 Å². The van der Waals surface area contributed by atoms with E-state index in [0.717, 1.165) is 6.42 Å². The Kier molecular flexibility index (Phi) is 3.03. The Morgan fingerprint density at radius 3 is 2.31 bits per heavy atom. The first-order valence-electron chi connectivity index (χ1n) is 5.12. The van der Waals surface area contributed by atoms with Gasteiger partial charge in [0.1, 0.15) is 0 Å². The van der Waals surface area contributed by atoms with Crippen LogP contribution in [-0.2, 0) is 4.74 Å². The minimum Gasteiger partial charge on any atom is -0.381 e. The van der Waals surface area contributed by atoms with Gasteiger partial charge in [0, 0.05) is 12.6 Å². The molecule has 1 fully saturated rings. The number of hydrogen-bond acceptors (Lipinski definition) is 2. The SMILES string of the molecule is CNC1(C)CC(OC)CC(C)(C)C1. The van der Waals surface area contributed by atoms with E-state index >= 15 is 0 Å². The summed E-state index contributed by atoms with van der Waals surface area (Å²) in [6, 6.07) is 0. The van der Waals surface area contributed by atoms with E-state index in [1.807, 2.05) is 14.2 Å². The average Bonchev–Trinajstić information content (AvgIpc) is 2.01. The van der Waals surface area contributed by atoms with E-state index in [9.17, 15) is 0 Å². The minimum atomic E-state index is 0.252. The predicted molar refractivity (Wildman–Crippen MR) is 55.9 cm³/mol. The maximum atomic E-state index is 5.48. The van der Waals surface area contributed by atoms with Crippen LogP contribution in [0.15, 0.2) is 0 Å². The lowest BCUT2D eigenvalue weighted by Gasteiger charge is -2.46. The molecule has 78 valence electrons. The van der Waals surface area contributed by atoms with Crippen LogP contribution in [0.25, 0.3) is 0 Å². The van der Waals surface area contributed by atoms with Gasteiger partial charge in [-0.05, 0) is 38.6 Å². The van der Waals surface area contributed by atoms with E-state index in [-0.39, 0.29) is 5.54 Å². The Morgan fingerprint density at radius 1 is 1.23 bits per heavy atom. The molecule has 0 heterocycles. The zero-order valence-corrected chi connectivity index (χ0v) is 9.61. The summed E-state index contributed by atoms with van der Waals surface area (Å²) in [6.07, 6.45) is 3.96. The van der Waals surface area contributed by atoms with Gasteiger partial charge in [-0.15, -0.1) is 0 Å². The number of hydrogen-bond donors (Lipinski definition) is 1. The monoisotopic (exact) mass is 185 g/mol. The number of methoxy groups -OCH3 is 1.